The van der Waals surface area contributed by atoms with Gasteiger partial charge in [0.25, 0.3) is 5.91 Å². The third-order valence-electron chi connectivity index (χ3n) is 4.36. The number of hydrogen-bond acceptors (Lipinski definition) is 5. The van der Waals surface area contributed by atoms with E-state index in [-0.39, 0.29) is 5.91 Å². The molecule has 2 aliphatic heterocycles. The Morgan fingerprint density at radius 1 is 1.38 bits per heavy atom. The van der Waals surface area contributed by atoms with Gasteiger partial charge in [0.15, 0.2) is 11.3 Å². The van der Waals surface area contributed by atoms with E-state index in [0.29, 0.717) is 24.4 Å². The van der Waals surface area contributed by atoms with E-state index in [1.807, 2.05) is 11.9 Å². The molecule has 0 aliphatic carbocycles. The average molecular weight is 406 g/mol. The van der Waals surface area contributed by atoms with Crippen molar-refractivity contribution in [2.75, 3.05) is 20.1 Å². The SMILES string of the molecule is C=C1SC2=C(CCN(C(=O)c3cc4ncc(Br)cn4n3)CC2)N1C. The summed E-state index contributed by atoms with van der Waals surface area (Å²) < 4.78 is 2.45. The first-order valence-electron chi connectivity index (χ1n) is 7.65. The fourth-order valence-corrected chi connectivity index (χ4v) is 4.40. The highest BCUT2D eigenvalue weighted by Crippen LogP contribution is 2.43. The zero-order valence-electron chi connectivity index (χ0n) is 13.2. The Morgan fingerprint density at radius 3 is 3.00 bits per heavy atom. The number of carbonyl (C=O) groups is 1. The maximum atomic E-state index is 12.8. The van der Waals surface area contributed by atoms with E-state index in [2.05, 4.69) is 37.5 Å². The quantitative estimate of drug-likeness (QED) is 0.729. The molecule has 0 bridgehead atoms. The van der Waals surface area contributed by atoms with Gasteiger partial charge in [-0.15, -0.1) is 0 Å². The fraction of sp³-hybridized carbons (Fsp3) is 0.312. The second-order valence-corrected chi connectivity index (χ2v) is 7.91. The predicted molar refractivity (Wildman–Crippen MR) is 97.3 cm³/mol. The van der Waals surface area contributed by atoms with Crippen molar-refractivity contribution >= 4 is 39.2 Å². The van der Waals surface area contributed by atoms with Crippen LogP contribution in [0.25, 0.3) is 5.65 Å². The molecule has 1 amide bonds. The molecule has 4 heterocycles. The van der Waals surface area contributed by atoms with E-state index < -0.39 is 0 Å². The molecule has 0 fully saturated rings. The van der Waals surface area contributed by atoms with E-state index in [0.717, 1.165) is 22.3 Å². The van der Waals surface area contributed by atoms with Gasteiger partial charge in [-0.05, 0) is 22.4 Å². The molecule has 0 spiro atoms. The Morgan fingerprint density at radius 2 is 2.17 bits per heavy atom. The summed E-state index contributed by atoms with van der Waals surface area (Å²) in [6.07, 6.45) is 5.22. The lowest BCUT2D eigenvalue weighted by molar-refractivity contribution is 0.0755. The molecular weight excluding hydrogens is 390 g/mol. The smallest absolute Gasteiger partial charge is 0.274 e. The number of thioether (sulfide) groups is 1. The summed E-state index contributed by atoms with van der Waals surface area (Å²) >= 11 is 5.09. The van der Waals surface area contributed by atoms with Crippen LogP contribution in [0.2, 0.25) is 0 Å². The monoisotopic (exact) mass is 405 g/mol. The lowest BCUT2D eigenvalue weighted by atomic mass is 10.2. The standard InChI is InChI=1S/C16H16BrN5OS/c1-10-20(2)13-3-5-21(6-4-14(13)24-10)16(23)12-7-15-18-8-11(17)9-22(15)19-12/h7-9H,1,3-6H2,2H3. The van der Waals surface area contributed by atoms with Gasteiger partial charge in [-0.1, -0.05) is 18.3 Å². The van der Waals surface area contributed by atoms with E-state index in [1.165, 1.54) is 10.6 Å². The second kappa shape index (κ2) is 5.93. The highest BCUT2D eigenvalue weighted by Gasteiger charge is 2.29. The summed E-state index contributed by atoms with van der Waals surface area (Å²) in [7, 11) is 2.04. The van der Waals surface area contributed by atoms with Gasteiger partial charge >= 0.3 is 0 Å². The first-order chi connectivity index (χ1) is 11.5. The summed E-state index contributed by atoms with van der Waals surface area (Å²) in [5.74, 6) is -0.0377. The van der Waals surface area contributed by atoms with Gasteiger partial charge in [0.05, 0.1) is 9.50 Å². The molecule has 2 aromatic heterocycles. The molecule has 0 saturated heterocycles. The van der Waals surface area contributed by atoms with Gasteiger partial charge < -0.3 is 9.80 Å². The molecule has 2 aromatic rings. The molecular formula is C16H16BrN5OS. The van der Waals surface area contributed by atoms with E-state index in [1.54, 1.807) is 34.7 Å². The van der Waals surface area contributed by atoms with Crippen LogP contribution in [-0.4, -0.2) is 50.4 Å². The Labute approximate surface area is 152 Å². The third kappa shape index (κ3) is 2.63. The molecule has 0 N–H and O–H groups in total. The number of fused-ring (bicyclic) bond motifs is 1. The molecule has 4 rings (SSSR count). The molecule has 8 heteroatoms. The summed E-state index contributed by atoms with van der Waals surface area (Å²) in [6.45, 7) is 5.47. The van der Waals surface area contributed by atoms with E-state index in [4.69, 9.17) is 0 Å². The average Bonchev–Trinajstić information content (AvgIpc) is 3.01. The molecule has 124 valence electrons. The lowest BCUT2D eigenvalue weighted by Crippen LogP contribution is -2.33. The number of nitrogens with zero attached hydrogens (tertiary/aromatic N) is 5. The van der Waals surface area contributed by atoms with Crippen LogP contribution in [0.5, 0.6) is 0 Å². The minimum atomic E-state index is -0.0377. The van der Waals surface area contributed by atoms with Crippen molar-refractivity contribution in [3.63, 3.8) is 0 Å². The summed E-state index contributed by atoms with van der Waals surface area (Å²) in [4.78, 5) is 22.4. The number of rotatable bonds is 1. The Balaban J connectivity index is 1.54. The molecule has 0 saturated carbocycles. The van der Waals surface area contributed by atoms with Crippen molar-refractivity contribution in [2.24, 2.45) is 0 Å². The molecule has 24 heavy (non-hydrogen) atoms. The molecule has 0 atom stereocenters. The van der Waals surface area contributed by atoms with Crippen LogP contribution in [0.3, 0.4) is 0 Å². The Kier molecular flexibility index (Phi) is 3.88. The van der Waals surface area contributed by atoms with Crippen molar-refractivity contribution in [1.82, 2.24) is 24.4 Å². The summed E-state index contributed by atoms with van der Waals surface area (Å²) in [5, 5.41) is 5.43. The highest BCUT2D eigenvalue weighted by atomic mass is 79.9. The number of amides is 1. The first-order valence-corrected chi connectivity index (χ1v) is 9.26. The molecule has 2 aliphatic rings. The van der Waals surface area contributed by atoms with Crippen molar-refractivity contribution in [1.29, 1.82) is 0 Å². The van der Waals surface area contributed by atoms with Crippen LogP contribution in [-0.2, 0) is 0 Å². The van der Waals surface area contributed by atoms with Crippen LogP contribution < -0.4 is 0 Å². The van der Waals surface area contributed by atoms with Crippen molar-refractivity contribution in [2.45, 2.75) is 12.8 Å². The molecule has 0 aromatic carbocycles. The van der Waals surface area contributed by atoms with Gasteiger partial charge in [-0.2, -0.15) is 5.10 Å². The summed E-state index contributed by atoms with van der Waals surface area (Å²) in [5.41, 5.74) is 2.40. The van der Waals surface area contributed by atoms with E-state index >= 15 is 0 Å². The zero-order valence-corrected chi connectivity index (χ0v) is 15.6. The lowest BCUT2D eigenvalue weighted by Gasteiger charge is -2.22. The first kappa shape index (κ1) is 15.7. The number of aromatic nitrogens is 3. The Bertz CT molecular complexity index is 890. The van der Waals surface area contributed by atoms with Crippen molar-refractivity contribution in [3.05, 3.63) is 50.8 Å². The van der Waals surface area contributed by atoms with Gasteiger partial charge in [-0.25, -0.2) is 9.50 Å². The van der Waals surface area contributed by atoms with Crippen LogP contribution in [0.15, 0.2) is 45.1 Å². The van der Waals surface area contributed by atoms with Gasteiger partial charge in [0.2, 0.25) is 0 Å². The minimum Gasteiger partial charge on any atom is -0.342 e. The normalized spacial score (nSPS) is 18.3. The molecule has 0 unspecified atom stereocenters. The number of hydrogen-bond donors (Lipinski definition) is 0. The maximum absolute atomic E-state index is 12.8. The zero-order chi connectivity index (χ0) is 16.8. The van der Waals surface area contributed by atoms with Gasteiger partial charge in [0.1, 0.15) is 0 Å². The van der Waals surface area contributed by atoms with Crippen LogP contribution >= 0.6 is 27.7 Å². The number of carbonyl (C=O) groups excluding carboxylic acids is 1. The largest absolute Gasteiger partial charge is 0.342 e. The van der Waals surface area contributed by atoms with Crippen LogP contribution in [0.1, 0.15) is 23.3 Å². The van der Waals surface area contributed by atoms with Crippen LogP contribution in [0.4, 0.5) is 0 Å². The van der Waals surface area contributed by atoms with Gasteiger partial charge in [0, 0.05) is 55.6 Å². The molecule has 0 radical (unpaired) electrons. The predicted octanol–water partition coefficient (Wildman–Crippen LogP) is 3.09. The second-order valence-electron chi connectivity index (χ2n) is 5.82. The minimum absolute atomic E-state index is 0.0377. The highest BCUT2D eigenvalue weighted by molar-refractivity contribution is 9.10. The number of halogens is 1. The van der Waals surface area contributed by atoms with Crippen molar-refractivity contribution in [3.8, 4) is 0 Å². The van der Waals surface area contributed by atoms with Gasteiger partial charge in [-0.3, -0.25) is 4.79 Å². The molecule has 6 nitrogen and oxygen atoms in total. The van der Waals surface area contributed by atoms with E-state index in [9.17, 15) is 4.79 Å². The third-order valence-corrected chi connectivity index (χ3v) is 5.96. The van der Waals surface area contributed by atoms with Crippen LogP contribution in [0, 0.1) is 0 Å². The Hall–Kier alpha value is -1.80. The summed E-state index contributed by atoms with van der Waals surface area (Å²) in [6, 6.07) is 1.74. The maximum Gasteiger partial charge on any atom is 0.274 e. The fourth-order valence-electron chi connectivity index (χ4n) is 3.02. The van der Waals surface area contributed by atoms with Crippen molar-refractivity contribution < 1.29 is 4.79 Å². The topological polar surface area (TPSA) is 53.7 Å².